The van der Waals surface area contributed by atoms with Gasteiger partial charge in [0, 0.05) is 51.6 Å². The van der Waals surface area contributed by atoms with Crippen molar-refractivity contribution >= 4 is 16.1 Å². The molecule has 13 heteroatoms. The van der Waals surface area contributed by atoms with Gasteiger partial charge in [-0.2, -0.15) is 8.42 Å². The summed E-state index contributed by atoms with van der Waals surface area (Å²) in [7, 11) is -2.51. The van der Waals surface area contributed by atoms with Crippen LogP contribution in [-0.2, 0) is 23.8 Å². The SMILES string of the molecule is COC(=O)CC1CCC(F)(F)C1.Cc1ccc(S(=O)(=O)OCCC2CCC(F)(F)C2)cc1.OCCC1CCC(F)(F)C1. The van der Waals surface area contributed by atoms with E-state index in [4.69, 9.17) is 9.29 Å². The van der Waals surface area contributed by atoms with Crippen molar-refractivity contribution < 1.29 is 53.6 Å². The quantitative estimate of drug-likeness (QED) is 0.174. The Bertz CT molecular complexity index is 1080. The minimum atomic E-state index is -3.78. The molecule has 0 amide bonds. The highest BCUT2D eigenvalue weighted by Gasteiger charge is 2.41. The van der Waals surface area contributed by atoms with Gasteiger partial charge in [-0.15, -0.1) is 0 Å². The maximum absolute atomic E-state index is 13.0. The van der Waals surface area contributed by atoms with Crippen LogP contribution in [0.25, 0.3) is 0 Å². The second-order valence-corrected chi connectivity index (χ2v) is 13.2. The molecule has 3 saturated carbocycles. The summed E-state index contributed by atoms with van der Waals surface area (Å²) in [5.41, 5.74) is 0.956. The van der Waals surface area contributed by atoms with Crippen molar-refractivity contribution in [2.75, 3.05) is 20.3 Å². The Kier molecular flexibility index (Phi) is 13.6. The van der Waals surface area contributed by atoms with Crippen molar-refractivity contribution in [3.63, 3.8) is 0 Å². The minimum absolute atomic E-state index is 0.0116. The summed E-state index contributed by atoms with van der Waals surface area (Å²) < 4.78 is 109. The standard InChI is InChI=1S/C14H18F2O3S.C8H12F2O2.C7H12F2O/c1-11-2-4-13(5-3-11)20(17,18)19-9-7-12-6-8-14(15,16)10-12;1-12-7(11)4-6-2-3-8(9,10)5-6;8-7(9)3-1-6(5-7)2-4-10/h2-5,12H,6-10H2,1H3;6H,2-5H2,1H3;6,10H,1-5H2. The van der Waals surface area contributed by atoms with Crippen LogP contribution >= 0.6 is 0 Å². The van der Waals surface area contributed by atoms with Gasteiger partial charge in [-0.1, -0.05) is 17.7 Å². The smallest absolute Gasteiger partial charge is 0.305 e. The average Bonchev–Trinajstić information content (AvgIpc) is 3.54. The van der Waals surface area contributed by atoms with Gasteiger partial charge in [0.15, 0.2) is 0 Å². The van der Waals surface area contributed by atoms with E-state index in [1.807, 2.05) is 6.92 Å². The zero-order valence-electron chi connectivity index (χ0n) is 24.1. The number of aliphatic hydroxyl groups is 1. The average molecular weight is 633 g/mol. The third-order valence-corrected chi connectivity index (χ3v) is 9.14. The van der Waals surface area contributed by atoms with E-state index in [1.54, 1.807) is 12.1 Å². The number of carbonyl (C=O) groups is 1. The first-order chi connectivity index (χ1) is 19.5. The molecule has 0 radical (unpaired) electrons. The highest BCUT2D eigenvalue weighted by atomic mass is 32.2. The van der Waals surface area contributed by atoms with Gasteiger partial charge in [0.05, 0.1) is 18.6 Å². The number of hydrogen-bond acceptors (Lipinski definition) is 6. The zero-order valence-corrected chi connectivity index (χ0v) is 24.9. The van der Waals surface area contributed by atoms with E-state index in [-0.39, 0.29) is 80.8 Å². The van der Waals surface area contributed by atoms with E-state index < -0.39 is 33.9 Å². The van der Waals surface area contributed by atoms with Crippen LogP contribution in [0.4, 0.5) is 26.3 Å². The lowest BCUT2D eigenvalue weighted by molar-refractivity contribution is -0.141. The summed E-state index contributed by atoms with van der Waals surface area (Å²) in [6, 6.07) is 6.34. The van der Waals surface area contributed by atoms with Crippen molar-refractivity contribution in [2.24, 2.45) is 17.8 Å². The van der Waals surface area contributed by atoms with E-state index in [0.717, 1.165) is 5.56 Å². The second-order valence-electron chi connectivity index (χ2n) is 11.6. The molecule has 3 aliphatic rings. The molecular weight excluding hydrogens is 590 g/mol. The number of aryl methyl sites for hydroxylation is 1. The molecule has 1 N–H and O–H groups in total. The van der Waals surface area contributed by atoms with Crippen LogP contribution in [0.15, 0.2) is 29.2 Å². The molecule has 0 bridgehead atoms. The highest BCUT2D eigenvalue weighted by molar-refractivity contribution is 7.86. The first kappa shape index (κ1) is 36.3. The summed E-state index contributed by atoms with van der Waals surface area (Å²) >= 11 is 0. The molecule has 4 rings (SSSR count). The predicted molar refractivity (Wildman–Crippen MR) is 144 cm³/mol. The minimum Gasteiger partial charge on any atom is -0.469 e. The molecule has 0 saturated heterocycles. The third kappa shape index (κ3) is 13.2. The molecule has 3 unspecified atom stereocenters. The van der Waals surface area contributed by atoms with E-state index in [0.29, 0.717) is 32.1 Å². The summed E-state index contributed by atoms with van der Waals surface area (Å²) in [5.74, 6) is -8.28. The molecule has 3 atom stereocenters. The largest absolute Gasteiger partial charge is 0.469 e. The number of methoxy groups -OCH3 is 1. The first-order valence-electron chi connectivity index (χ1n) is 14.2. The van der Waals surface area contributed by atoms with Gasteiger partial charge in [0.2, 0.25) is 17.8 Å². The Morgan fingerprint density at radius 1 is 0.833 bits per heavy atom. The molecule has 42 heavy (non-hydrogen) atoms. The summed E-state index contributed by atoms with van der Waals surface area (Å²) in [6.45, 7) is 1.86. The number of rotatable bonds is 9. The molecule has 0 aliphatic heterocycles. The third-order valence-electron chi connectivity index (χ3n) is 7.81. The lowest BCUT2D eigenvalue weighted by Gasteiger charge is -2.11. The van der Waals surface area contributed by atoms with Crippen molar-refractivity contribution in [1.82, 2.24) is 0 Å². The van der Waals surface area contributed by atoms with Gasteiger partial charge >= 0.3 is 5.97 Å². The van der Waals surface area contributed by atoms with Crippen molar-refractivity contribution in [3.8, 4) is 0 Å². The van der Waals surface area contributed by atoms with Crippen LogP contribution in [-0.4, -0.2) is 57.6 Å². The van der Waals surface area contributed by atoms with Gasteiger partial charge in [-0.05, 0) is 68.9 Å². The molecule has 0 heterocycles. The number of carbonyl (C=O) groups excluding carboxylic acids is 1. The maximum Gasteiger partial charge on any atom is 0.305 e. The fraction of sp³-hybridized carbons (Fsp3) is 0.759. The van der Waals surface area contributed by atoms with Gasteiger partial charge in [0.1, 0.15) is 0 Å². The van der Waals surface area contributed by atoms with Crippen LogP contribution in [0.2, 0.25) is 0 Å². The van der Waals surface area contributed by atoms with Crippen LogP contribution in [0.1, 0.15) is 82.6 Å². The van der Waals surface area contributed by atoms with Crippen molar-refractivity contribution in [3.05, 3.63) is 29.8 Å². The van der Waals surface area contributed by atoms with E-state index in [2.05, 4.69) is 4.74 Å². The van der Waals surface area contributed by atoms with Crippen LogP contribution in [0.3, 0.4) is 0 Å². The number of alkyl halides is 6. The topological polar surface area (TPSA) is 89.9 Å². The number of halogens is 6. The number of ether oxygens (including phenoxy) is 1. The fourth-order valence-corrected chi connectivity index (χ4v) is 6.31. The Morgan fingerprint density at radius 2 is 1.29 bits per heavy atom. The molecule has 0 aromatic heterocycles. The number of aliphatic hydroxyl groups excluding tert-OH is 1. The lowest BCUT2D eigenvalue weighted by Crippen LogP contribution is -2.12. The monoisotopic (exact) mass is 632 g/mol. The normalized spacial score (nSPS) is 25.6. The van der Waals surface area contributed by atoms with E-state index in [9.17, 15) is 39.6 Å². The zero-order chi connectivity index (χ0) is 31.6. The van der Waals surface area contributed by atoms with Crippen molar-refractivity contribution in [2.45, 2.75) is 107 Å². The van der Waals surface area contributed by atoms with E-state index in [1.165, 1.54) is 19.2 Å². The van der Waals surface area contributed by atoms with Gasteiger partial charge in [-0.3, -0.25) is 8.98 Å². The molecule has 1 aromatic rings. The number of benzene rings is 1. The lowest BCUT2D eigenvalue weighted by atomic mass is 10.0. The molecular formula is C29H42F6O6S. The maximum atomic E-state index is 13.0. The molecule has 6 nitrogen and oxygen atoms in total. The first-order valence-corrected chi connectivity index (χ1v) is 15.6. The molecule has 242 valence electrons. The van der Waals surface area contributed by atoms with Crippen LogP contribution in [0, 0.1) is 24.7 Å². The number of esters is 1. The van der Waals surface area contributed by atoms with Gasteiger partial charge < -0.3 is 9.84 Å². The van der Waals surface area contributed by atoms with Crippen LogP contribution in [0.5, 0.6) is 0 Å². The molecule has 0 spiro atoms. The van der Waals surface area contributed by atoms with Crippen molar-refractivity contribution in [1.29, 1.82) is 0 Å². The summed E-state index contributed by atoms with van der Waals surface area (Å²) in [6.07, 6.45) is 1.92. The summed E-state index contributed by atoms with van der Waals surface area (Å²) in [5, 5.41) is 8.45. The van der Waals surface area contributed by atoms with E-state index >= 15 is 0 Å². The van der Waals surface area contributed by atoms with Crippen LogP contribution < -0.4 is 0 Å². The predicted octanol–water partition coefficient (Wildman–Crippen LogP) is 7.31. The second kappa shape index (κ2) is 15.7. The summed E-state index contributed by atoms with van der Waals surface area (Å²) in [4.78, 5) is 10.8. The Balaban J connectivity index is 0.000000239. The Morgan fingerprint density at radius 3 is 1.69 bits per heavy atom. The van der Waals surface area contributed by atoms with Gasteiger partial charge in [0.25, 0.3) is 10.1 Å². The fourth-order valence-electron chi connectivity index (χ4n) is 5.39. The molecule has 3 aliphatic carbocycles. The van der Waals surface area contributed by atoms with Gasteiger partial charge in [-0.25, -0.2) is 26.3 Å². The highest BCUT2D eigenvalue weighted by Crippen LogP contribution is 2.41. The molecule has 3 fully saturated rings. The Hall–Kier alpha value is -1.86. The number of hydrogen-bond donors (Lipinski definition) is 1. The molecule has 1 aromatic carbocycles. The Labute approximate surface area is 244 Å².